The third-order valence-electron chi connectivity index (χ3n) is 3.11. The Balaban J connectivity index is 2.12. The lowest BCUT2D eigenvalue weighted by atomic mass is 10.1. The topological polar surface area (TPSA) is 55.4 Å². The molecule has 2 rings (SSSR count). The van der Waals surface area contributed by atoms with Crippen molar-refractivity contribution < 1.29 is 14.3 Å². The van der Waals surface area contributed by atoms with Crippen molar-refractivity contribution in [3.63, 3.8) is 0 Å². The summed E-state index contributed by atoms with van der Waals surface area (Å²) >= 11 is 0. The molecule has 0 fully saturated rings. The zero-order chi connectivity index (χ0) is 15.8. The Morgan fingerprint density at radius 1 is 1.05 bits per heavy atom. The van der Waals surface area contributed by atoms with Crippen LogP contribution in [-0.4, -0.2) is 17.9 Å². The second-order valence-electron chi connectivity index (χ2n) is 4.69. The highest BCUT2D eigenvalue weighted by Gasteiger charge is 2.22. The van der Waals surface area contributed by atoms with Gasteiger partial charge >= 0.3 is 5.97 Å². The Kier molecular flexibility index (Phi) is 5.49. The highest BCUT2D eigenvalue weighted by molar-refractivity contribution is 5.96. The van der Waals surface area contributed by atoms with Gasteiger partial charge in [-0.2, -0.15) is 0 Å². The van der Waals surface area contributed by atoms with Crippen LogP contribution < -0.4 is 5.32 Å². The van der Waals surface area contributed by atoms with Crippen molar-refractivity contribution in [2.75, 3.05) is 0 Å². The van der Waals surface area contributed by atoms with Gasteiger partial charge in [0.25, 0.3) is 5.91 Å². The Morgan fingerprint density at radius 2 is 1.64 bits per heavy atom. The summed E-state index contributed by atoms with van der Waals surface area (Å²) < 4.78 is 4.82. The number of carbonyl (C=O) groups excluding carboxylic acids is 2. The largest absolute Gasteiger partial charge is 0.434 e. The van der Waals surface area contributed by atoms with Crippen LogP contribution in [0.3, 0.4) is 0 Å². The van der Waals surface area contributed by atoms with Crippen molar-refractivity contribution in [1.82, 2.24) is 5.32 Å². The van der Waals surface area contributed by atoms with E-state index in [4.69, 9.17) is 4.74 Å². The molecule has 0 bridgehead atoms. The molecule has 4 nitrogen and oxygen atoms in total. The van der Waals surface area contributed by atoms with Crippen LogP contribution >= 0.6 is 0 Å². The molecular formula is C18H17NO3. The Bertz CT molecular complexity index is 638. The second kappa shape index (κ2) is 7.78. The molecule has 0 heterocycles. The number of nitrogens with one attached hydrogen (secondary N) is 1. The Morgan fingerprint density at radius 3 is 2.23 bits per heavy atom. The molecule has 0 saturated carbocycles. The average molecular weight is 295 g/mol. The summed E-state index contributed by atoms with van der Waals surface area (Å²) in [7, 11) is 0. The summed E-state index contributed by atoms with van der Waals surface area (Å²) in [5.74, 6) is -0.856. The SMILES string of the molecule is C=COC(=O)[C@H](Cc1ccccc1)NC(=O)c1ccccc1. The van der Waals surface area contributed by atoms with E-state index in [0.717, 1.165) is 11.8 Å². The van der Waals surface area contributed by atoms with E-state index in [1.165, 1.54) is 0 Å². The van der Waals surface area contributed by atoms with Crippen LogP contribution in [0, 0.1) is 0 Å². The molecule has 0 aromatic heterocycles. The minimum Gasteiger partial charge on any atom is -0.434 e. The maximum Gasteiger partial charge on any atom is 0.333 e. The van der Waals surface area contributed by atoms with E-state index in [2.05, 4.69) is 11.9 Å². The number of esters is 1. The van der Waals surface area contributed by atoms with Crippen molar-refractivity contribution >= 4 is 11.9 Å². The smallest absolute Gasteiger partial charge is 0.333 e. The fraction of sp³-hybridized carbons (Fsp3) is 0.111. The normalized spacial score (nSPS) is 11.3. The van der Waals surface area contributed by atoms with Gasteiger partial charge in [0.15, 0.2) is 0 Å². The van der Waals surface area contributed by atoms with Gasteiger partial charge in [0.2, 0.25) is 0 Å². The number of rotatable bonds is 6. The fourth-order valence-electron chi connectivity index (χ4n) is 2.04. The van der Waals surface area contributed by atoms with Gasteiger partial charge in [-0.3, -0.25) is 4.79 Å². The van der Waals surface area contributed by atoms with Crippen LogP contribution in [0.4, 0.5) is 0 Å². The number of benzene rings is 2. The van der Waals surface area contributed by atoms with E-state index in [1.807, 2.05) is 36.4 Å². The third kappa shape index (κ3) is 4.31. The molecule has 112 valence electrons. The molecule has 2 aromatic rings. The number of ether oxygens (including phenoxy) is 1. The quantitative estimate of drug-likeness (QED) is 0.658. The summed E-state index contributed by atoms with van der Waals surface area (Å²) in [4.78, 5) is 24.2. The molecule has 2 aromatic carbocycles. The van der Waals surface area contributed by atoms with Gasteiger partial charge in [-0.1, -0.05) is 55.1 Å². The molecule has 1 atom stereocenters. The predicted octanol–water partition coefficient (Wildman–Crippen LogP) is 2.71. The molecular weight excluding hydrogens is 278 g/mol. The maximum atomic E-state index is 12.2. The first-order valence-electron chi connectivity index (χ1n) is 6.92. The molecule has 4 heteroatoms. The standard InChI is InChI=1S/C18H17NO3/c1-2-22-18(21)16(13-14-9-5-3-6-10-14)19-17(20)15-11-7-4-8-12-15/h2-12,16H,1,13H2,(H,19,20)/t16-/m0/s1. The zero-order valence-electron chi connectivity index (χ0n) is 12.1. The second-order valence-corrected chi connectivity index (χ2v) is 4.69. The van der Waals surface area contributed by atoms with E-state index in [0.29, 0.717) is 12.0 Å². The van der Waals surface area contributed by atoms with Gasteiger partial charge in [-0.05, 0) is 17.7 Å². The maximum absolute atomic E-state index is 12.2. The number of amides is 1. The monoisotopic (exact) mass is 295 g/mol. The number of carbonyl (C=O) groups is 2. The first-order valence-corrected chi connectivity index (χ1v) is 6.92. The lowest BCUT2D eigenvalue weighted by Gasteiger charge is -2.16. The lowest BCUT2D eigenvalue weighted by Crippen LogP contribution is -2.42. The molecule has 0 spiro atoms. The highest BCUT2D eigenvalue weighted by atomic mass is 16.5. The van der Waals surface area contributed by atoms with Crippen LogP contribution in [0.1, 0.15) is 15.9 Å². The Labute approximate surface area is 129 Å². The average Bonchev–Trinajstić information content (AvgIpc) is 2.56. The van der Waals surface area contributed by atoms with E-state index in [-0.39, 0.29) is 5.91 Å². The van der Waals surface area contributed by atoms with Gasteiger partial charge < -0.3 is 10.1 Å². The van der Waals surface area contributed by atoms with Crippen LogP contribution in [0.25, 0.3) is 0 Å². The summed E-state index contributed by atoms with van der Waals surface area (Å²) in [6.45, 7) is 3.37. The fourth-order valence-corrected chi connectivity index (χ4v) is 2.04. The van der Waals surface area contributed by atoms with E-state index < -0.39 is 12.0 Å². The molecule has 0 aliphatic carbocycles. The third-order valence-corrected chi connectivity index (χ3v) is 3.11. The van der Waals surface area contributed by atoms with E-state index in [1.54, 1.807) is 24.3 Å². The molecule has 1 amide bonds. The van der Waals surface area contributed by atoms with Crippen LogP contribution in [0.5, 0.6) is 0 Å². The summed E-state index contributed by atoms with van der Waals surface area (Å²) in [6, 6.07) is 17.4. The highest BCUT2D eigenvalue weighted by Crippen LogP contribution is 2.07. The van der Waals surface area contributed by atoms with Crippen molar-refractivity contribution in [3.05, 3.63) is 84.6 Å². The van der Waals surface area contributed by atoms with Crippen LogP contribution in [-0.2, 0) is 16.0 Å². The van der Waals surface area contributed by atoms with Crippen molar-refractivity contribution in [2.24, 2.45) is 0 Å². The molecule has 0 saturated heterocycles. The van der Waals surface area contributed by atoms with Gasteiger partial charge in [0, 0.05) is 12.0 Å². The number of hydrogen-bond acceptors (Lipinski definition) is 3. The van der Waals surface area contributed by atoms with Crippen molar-refractivity contribution in [2.45, 2.75) is 12.5 Å². The summed E-state index contributed by atoms with van der Waals surface area (Å²) in [5, 5.41) is 2.71. The van der Waals surface area contributed by atoms with Gasteiger partial charge in [0.1, 0.15) is 6.04 Å². The predicted molar refractivity (Wildman–Crippen MR) is 84.1 cm³/mol. The lowest BCUT2D eigenvalue weighted by molar-refractivity contribution is -0.140. The van der Waals surface area contributed by atoms with Crippen molar-refractivity contribution in [1.29, 1.82) is 0 Å². The van der Waals surface area contributed by atoms with E-state index in [9.17, 15) is 9.59 Å². The molecule has 1 N–H and O–H groups in total. The van der Waals surface area contributed by atoms with E-state index >= 15 is 0 Å². The zero-order valence-corrected chi connectivity index (χ0v) is 12.1. The van der Waals surface area contributed by atoms with Crippen LogP contribution in [0.2, 0.25) is 0 Å². The molecule has 0 unspecified atom stereocenters. The Hall–Kier alpha value is -2.88. The number of hydrogen-bond donors (Lipinski definition) is 1. The minimum absolute atomic E-state index is 0.317. The molecule has 22 heavy (non-hydrogen) atoms. The molecule has 0 aliphatic rings. The van der Waals surface area contributed by atoms with Gasteiger partial charge in [-0.15, -0.1) is 0 Å². The minimum atomic E-state index is -0.770. The first-order chi connectivity index (χ1) is 10.7. The molecule has 0 aliphatic heterocycles. The first kappa shape index (κ1) is 15.5. The van der Waals surface area contributed by atoms with Crippen LogP contribution in [0.15, 0.2) is 73.5 Å². The van der Waals surface area contributed by atoms with Crippen molar-refractivity contribution in [3.8, 4) is 0 Å². The van der Waals surface area contributed by atoms with Gasteiger partial charge in [0.05, 0.1) is 6.26 Å². The van der Waals surface area contributed by atoms with Gasteiger partial charge in [-0.25, -0.2) is 4.79 Å². The summed E-state index contributed by atoms with van der Waals surface area (Å²) in [6.07, 6.45) is 1.42. The molecule has 0 radical (unpaired) electrons. The summed E-state index contributed by atoms with van der Waals surface area (Å²) in [5.41, 5.74) is 1.42.